The first-order valence-electron chi connectivity index (χ1n) is 6.52. The molecule has 1 heterocycles. The van der Waals surface area contributed by atoms with Crippen molar-refractivity contribution in [1.82, 2.24) is 10.6 Å². The molecule has 1 fully saturated rings. The normalized spacial score (nSPS) is 18.6. The van der Waals surface area contributed by atoms with Crippen molar-refractivity contribution in [3.8, 4) is 5.75 Å². The molecule has 1 aromatic rings. The molecular formula is C14H20N2O2. The van der Waals surface area contributed by atoms with E-state index < -0.39 is 0 Å². The van der Waals surface area contributed by atoms with Crippen molar-refractivity contribution in [3.05, 3.63) is 30.3 Å². The van der Waals surface area contributed by atoms with Gasteiger partial charge in [0.05, 0.1) is 0 Å². The Morgan fingerprint density at radius 2 is 2.22 bits per heavy atom. The van der Waals surface area contributed by atoms with Gasteiger partial charge in [-0.15, -0.1) is 0 Å². The lowest BCUT2D eigenvalue weighted by Gasteiger charge is -2.11. The summed E-state index contributed by atoms with van der Waals surface area (Å²) in [4.78, 5) is 11.5. The molecule has 1 atom stereocenters. The first-order valence-corrected chi connectivity index (χ1v) is 6.52. The fourth-order valence-corrected chi connectivity index (χ4v) is 2.11. The minimum absolute atomic E-state index is 0.0585. The topological polar surface area (TPSA) is 50.4 Å². The van der Waals surface area contributed by atoms with E-state index in [1.165, 1.54) is 12.8 Å². The van der Waals surface area contributed by atoms with Crippen molar-refractivity contribution >= 4 is 5.91 Å². The molecule has 1 aliphatic rings. The summed E-state index contributed by atoms with van der Waals surface area (Å²) in [5, 5.41) is 6.28. The number of hydrogen-bond acceptors (Lipinski definition) is 3. The minimum atomic E-state index is -0.0585. The van der Waals surface area contributed by atoms with Gasteiger partial charge in [-0.05, 0) is 37.9 Å². The van der Waals surface area contributed by atoms with Crippen LogP contribution in [0.3, 0.4) is 0 Å². The molecule has 0 aliphatic carbocycles. The Kier molecular flexibility index (Phi) is 5.02. The molecule has 1 aromatic carbocycles. The smallest absolute Gasteiger partial charge is 0.257 e. The van der Waals surface area contributed by atoms with Crippen LogP contribution in [0.4, 0.5) is 0 Å². The second kappa shape index (κ2) is 7.01. The summed E-state index contributed by atoms with van der Waals surface area (Å²) in [6.45, 7) is 1.91. The van der Waals surface area contributed by atoms with E-state index in [1.54, 1.807) is 0 Å². The number of carbonyl (C=O) groups is 1. The summed E-state index contributed by atoms with van der Waals surface area (Å²) in [7, 11) is 0. The van der Waals surface area contributed by atoms with Gasteiger partial charge in [-0.3, -0.25) is 4.79 Å². The molecule has 2 N–H and O–H groups in total. The zero-order valence-corrected chi connectivity index (χ0v) is 10.5. The predicted molar refractivity (Wildman–Crippen MR) is 70.6 cm³/mol. The largest absolute Gasteiger partial charge is 0.484 e. The Labute approximate surface area is 108 Å². The number of carbonyl (C=O) groups excluding carboxylic acids is 1. The summed E-state index contributed by atoms with van der Waals surface area (Å²) < 4.78 is 5.36. The zero-order valence-electron chi connectivity index (χ0n) is 10.5. The third kappa shape index (κ3) is 4.37. The van der Waals surface area contributed by atoms with Gasteiger partial charge in [-0.1, -0.05) is 18.2 Å². The Morgan fingerprint density at radius 3 is 2.94 bits per heavy atom. The van der Waals surface area contributed by atoms with Crippen LogP contribution in [0.5, 0.6) is 5.75 Å². The van der Waals surface area contributed by atoms with Gasteiger partial charge in [0.2, 0.25) is 0 Å². The quantitative estimate of drug-likeness (QED) is 0.798. The van der Waals surface area contributed by atoms with E-state index in [-0.39, 0.29) is 12.5 Å². The number of benzene rings is 1. The van der Waals surface area contributed by atoms with Gasteiger partial charge < -0.3 is 15.4 Å². The second-order valence-corrected chi connectivity index (χ2v) is 4.53. The van der Waals surface area contributed by atoms with E-state index in [0.717, 1.165) is 18.7 Å². The molecule has 0 bridgehead atoms. The number of amides is 1. The maximum atomic E-state index is 11.5. The summed E-state index contributed by atoms with van der Waals surface area (Å²) in [5.74, 6) is 0.668. The number of rotatable bonds is 6. The highest BCUT2D eigenvalue weighted by Crippen LogP contribution is 2.08. The molecule has 0 radical (unpaired) electrons. The summed E-state index contributed by atoms with van der Waals surface area (Å²) >= 11 is 0. The summed E-state index contributed by atoms with van der Waals surface area (Å²) in [6.07, 6.45) is 3.46. The van der Waals surface area contributed by atoms with Crippen LogP contribution in [0.15, 0.2) is 30.3 Å². The van der Waals surface area contributed by atoms with Gasteiger partial charge in [-0.2, -0.15) is 0 Å². The third-order valence-electron chi connectivity index (χ3n) is 3.09. The van der Waals surface area contributed by atoms with Crippen molar-refractivity contribution in [1.29, 1.82) is 0 Å². The van der Waals surface area contributed by atoms with Gasteiger partial charge in [-0.25, -0.2) is 0 Å². The van der Waals surface area contributed by atoms with E-state index in [4.69, 9.17) is 4.74 Å². The highest BCUT2D eigenvalue weighted by Gasteiger charge is 2.13. The minimum Gasteiger partial charge on any atom is -0.484 e. The van der Waals surface area contributed by atoms with Crippen LogP contribution >= 0.6 is 0 Å². The lowest BCUT2D eigenvalue weighted by molar-refractivity contribution is -0.123. The fraction of sp³-hybridized carbons (Fsp3) is 0.500. The molecule has 0 unspecified atom stereocenters. The molecule has 98 valence electrons. The number of ether oxygens (including phenoxy) is 1. The molecule has 1 amide bonds. The Bertz CT molecular complexity index is 361. The molecule has 1 aliphatic heterocycles. The number of nitrogens with one attached hydrogen (secondary N) is 2. The van der Waals surface area contributed by atoms with Gasteiger partial charge in [0, 0.05) is 12.6 Å². The van der Waals surface area contributed by atoms with Crippen molar-refractivity contribution in [2.24, 2.45) is 0 Å². The van der Waals surface area contributed by atoms with Crippen molar-refractivity contribution in [2.45, 2.75) is 25.3 Å². The lowest BCUT2D eigenvalue weighted by atomic mass is 10.1. The molecule has 4 nitrogen and oxygen atoms in total. The zero-order chi connectivity index (χ0) is 12.6. The van der Waals surface area contributed by atoms with Crippen LogP contribution in [0.2, 0.25) is 0 Å². The van der Waals surface area contributed by atoms with Crippen LogP contribution in [-0.4, -0.2) is 31.6 Å². The highest BCUT2D eigenvalue weighted by molar-refractivity contribution is 5.77. The number of para-hydroxylation sites is 1. The van der Waals surface area contributed by atoms with Gasteiger partial charge in [0.1, 0.15) is 5.75 Å². The van der Waals surface area contributed by atoms with E-state index in [0.29, 0.717) is 12.6 Å². The van der Waals surface area contributed by atoms with Crippen molar-refractivity contribution in [2.75, 3.05) is 19.7 Å². The standard InChI is InChI=1S/C14H20N2O2/c17-14(11-18-13-6-2-1-3-7-13)16-10-8-12-5-4-9-15-12/h1-3,6-7,12,15H,4-5,8-11H2,(H,16,17)/t12-/m1/s1. The Morgan fingerprint density at radius 1 is 1.39 bits per heavy atom. The molecule has 4 heteroatoms. The van der Waals surface area contributed by atoms with Gasteiger partial charge in [0.25, 0.3) is 5.91 Å². The molecule has 0 aromatic heterocycles. The van der Waals surface area contributed by atoms with E-state index >= 15 is 0 Å². The average Bonchev–Trinajstić information content (AvgIpc) is 2.91. The van der Waals surface area contributed by atoms with Gasteiger partial charge >= 0.3 is 0 Å². The van der Waals surface area contributed by atoms with Crippen LogP contribution < -0.4 is 15.4 Å². The lowest BCUT2D eigenvalue weighted by Crippen LogP contribution is -2.33. The molecular weight excluding hydrogens is 228 g/mol. The SMILES string of the molecule is O=C(COc1ccccc1)NCC[C@H]1CCCN1. The monoisotopic (exact) mass is 248 g/mol. The molecule has 1 saturated heterocycles. The maximum Gasteiger partial charge on any atom is 0.257 e. The highest BCUT2D eigenvalue weighted by atomic mass is 16.5. The van der Waals surface area contributed by atoms with Gasteiger partial charge in [0.15, 0.2) is 6.61 Å². The molecule has 0 spiro atoms. The van der Waals surface area contributed by atoms with Crippen molar-refractivity contribution < 1.29 is 9.53 Å². The molecule has 0 saturated carbocycles. The maximum absolute atomic E-state index is 11.5. The van der Waals surface area contributed by atoms with E-state index in [1.807, 2.05) is 30.3 Å². The molecule has 18 heavy (non-hydrogen) atoms. The van der Waals surface area contributed by atoms with Crippen LogP contribution in [0.1, 0.15) is 19.3 Å². The van der Waals surface area contributed by atoms with Crippen LogP contribution in [-0.2, 0) is 4.79 Å². The number of hydrogen-bond donors (Lipinski definition) is 2. The van der Waals surface area contributed by atoms with Crippen LogP contribution in [0.25, 0.3) is 0 Å². The first-order chi connectivity index (χ1) is 8.84. The molecule has 2 rings (SSSR count). The van der Waals surface area contributed by atoms with E-state index in [9.17, 15) is 4.79 Å². The van der Waals surface area contributed by atoms with Crippen LogP contribution in [0, 0.1) is 0 Å². The summed E-state index contributed by atoms with van der Waals surface area (Å²) in [6, 6.07) is 9.95. The first kappa shape index (κ1) is 12.9. The second-order valence-electron chi connectivity index (χ2n) is 4.53. The summed E-state index contributed by atoms with van der Waals surface area (Å²) in [5.41, 5.74) is 0. The Hall–Kier alpha value is -1.55. The predicted octanol–water partition coefficient (Wildman–Crippen LogP) is 1.32. The van der Waals surface area contributed by atoms with Crippen molar-refractivity contribution in [3.63, 3.8) is 0 Å². The fourth-order valence-electron chi connectivity index (χ4n) is 2.11. The average molecular weight is 248 g/mol. The Balaban J connectivity index is 1.57. The third-order valence-corrected chi connectivity index (χ3v) is 3.09. The van der Waals surface area contributed by atoms with E-state index in [2.05, 4.69) is 10.6 Å².